The zero-order valence-electron chi connectivity index (χ0n) is 15.3. The van der Waals surface area contributed by atoms with Gasteiger partial charge < -0.3 is 19.3 Å². The van der Waals surface area contributed by atoms with Crippen LogP contribution in [0.15, 0.2) is 24.3 Å². The molecule has 0 spiro atoms. The van der Waals surface area contributed by atoms with Gasteiger partial charge >= 0.3 is 0 Å². The average molecular weight is 346 g/mol. The standard InChI is InChI=1S/C19H26N2O4/c1-12-5-7-15(8-6-12)17-18(24-11-16(22)20(17)4)19(23)21-9-13(2)25-14(3)10-21/h5-8,13-14,17-18H,9-11H2,1-4H3/t13-,14-,17+,18+/m0/s1. The zero-order chi connectivity index (χ0) is 18.1. The van der Waals surface area contributed by atoms with E-state index in [4.69, 9.17) is 9.47 Å². The van der Waals surface area contributed by atoms with Crippen molar-refractivity contribution in [3.05, 3.63) is 35.4 Å². The summed E-state index contributed by atoms with van der Waals surface area (Å²) in [6.45, 7) is 6.96. The van der Waals surface area contributed by atoms with Crippen molar-refractivity contribution in [3.63, 3.8) is 0 Å². The number of rotatable bonds is 2. The highest BCUT2D eigenvalue weighted by Crippen LogP contribution is 2.31. The van der Waals surface area contributed by atoms with Crippen LogP contribution < -0.4 is 0 Å². The van der Waals surface area contributed by atoms with Gasteiger partial charge in [0.1, 0.15) is 6.61 Å². The van der Waals surface area contributed by atoms with E-state index in [1.807, 2.05) is 45.0 Å². The smallest absolute Gasteiger partial charge is 0.254 e. The lowest BCUT2D eigenvalue weighted by Crippen LogP contribution is -2.57. The summed E-state index contributed by atoms with van der Waals surface area (Å²) in [5.41, 5.74) is 2.04. The molecule has 25 heavy (non-hydrogen) atoms. The number of likely N-dealkylation sites (N-methyl/N-ethyl adjacent to an activating group) is 1. The maximum absolute atomic E-state index is 13.2. The summed E-state index contributed by atoms with van der Waals surface area (Å²) < 4.78 is 11.4. The summed E-state index contributed by atoms with van der Waals surface area (Å²) in [6, 6.07) is 7.49. The van der Waals surface area contributed by atoms with E-state index >= 15 is 0 Å². The quantitative estimate of drug-likeness (QED) is 0.815. The van der Waals surface area contributed by atoms with Crippen molar-refractivity contribution in [3.8, 4) is 0 Å². The molecule has 0 aromatic heterocycles. The van der Waals surface area contributed by atoms with E-state index < -0.39 is 12.1 Å². The van der Waals surface area contributed by atoms with Crippen LogP contribution in [-0.2, 0) is 19.1 Å². The molecular formula is C19H26N2O4. The Labute approximate surface area is 148 Å². The van der Waals surface area contributed by atoms with Crippen molar-refractivity contribution in [2.24, 2.45) is 0 Å². The topological polar surface area (TPSA) is 59.1 Å². The highest BCUT2D eigenvalue weighted by atomic mass is 16.5. The lowest BCUT2D eigenvalue weighted by atomic mass is 9.96. The van der Waals surface area contributed by atoms with E-state index in [1.165, 1.54) is 0 Å². The fraction of sp³-hybridized carbons (Fsp3) is 0.579. The van der Waals surface area contributed by atoms with Crippen LogP contribution in [0, 0.1) is 6.92 Å². The van der Waals surface area contributed by atoms with Crippen LogP contribution >= 0.6 is 0 Å². The summed E-state index contributed by atoms with van der Waals surface area (Å²) in [7, 11) is 1.74. The summed E-state index contributed by atoms with van der Waals surface area (Å²) in [6.07, 6.45) is -0.704. The Bertz CT molecular complexity index is 635. The summed E-state index contributed by atoms with van der Waals surface area (Å²) >= 11 is 0. The van der Waals surface area contributed by atoms with Gasteiger partial charge in [0.15, 0.2) is 6.10 Å². The van der Waals surface area contributed by atoms with E-state index in [2.05, 4.69) is 0 Å². The monoisotopic (exact) mass is 346 g/mol. The molecule has 6 heteroatoms. The SMILES string of the molecule is Cc1ccc([C@@H]2[C@H](C(=O)N3C[C@H](C)O[C@@H](C)C3)OCC(=O)N2C)cc1. The van der Waals surface area contributed by atoms with Gasteiger partial charge in [-0.2, -0.15) is 0 Å². The normalized spacial score (nSPS) is 30.5. The first-order valence-corrected chi connectivity index (χ1v) is 8.75. The molecule has 3 rings (SSSR count). The molecule has 2 saturated heterocycles. The summed E-state index contributed by atoms with van der Waals surface area (Å²) in [5, 5.41) is 0. The Kier molecular flexibility index (Phi) is 5.11. The second-order valence-electron chi connectivity index (χ2n) is 7.09. The number of hydrogen-bond acceptors (Lipinski definition) is 4. The lowest BCUT2D eigenvalue weighted by Gasteiger charge is -2.42. The van der Waals surface area contributed by atoms with Crippen LogP contribution in [0.4, 0.5) is 0 Å². The Morgan fingerprint density at radius 2 is 1.72 bits per heavy atom. The van der Waals surface area contributed by atoms with Crippen molar-refractivity contribution >= 4 is 11.8 Å². The molecule has 2 amide bonds. The molecule has 0 N–H and O–H groups in total. The first-order chi connectivity index (χ1) is 11.9. The van der Waals surface area contributed by atoms with Gasteiger partial charge in [-0.25, -0.2) is 0 Å². The van der Waals surface area contributed by atoms with E-state index in [0.29, 0.717) is 13.1 Å². The molecule has 2 aliphatic heterocycles. The van der Waals surface area contributed by atoms with Gasteiger partial charge in [-0.15, -0.1) is 0 Å². The fourth-order valence-electron chi connectivity index (χ4n) is 3.62. The highest BCUT2D eigenvalue weighted by Gasteiger charge is 2.42. The van der Waals surface area contributed by atoms with E-state index in [9.17, 15) is 9.59 Å². The first-order valence-electron chi connectivity index (χ1n) is 8.75. The second-order valence-corrected chi connectivity index (χ2v) is 7.09. The predicted octanol–water partition coefficient (Wildman–Crippen LogP) is 1.53. The molecule has 0 radical (unpaired) electrons. The van der Waals surface area contributed by atoms with Crippen LogP contribution in [0.2, 0.25) is 0 Å². The van der Waals surface area contributed by atoms with Gasteiger partial charge in [0.05, 0.1) is 18.2 Å². The third-order valence-electron chi connectivity index (χ3n) is 4.88. The fourth-order valence-corrected chi connectivity index (χ4v) is 3.62. The van der Waals surface area contributed by atoms with Crippen molar-refractivity contribution in [1.29, 1.82) is 0 Å². The number of morpholine rings is 2. The van der Waals surface area contributed by atoms with Gasteiger partial charge in [0, 0.05) is 20.1 Å². The van der Waals surface area contributed by atoms with E-state index in [1.54, 1.807) is 16.8 Å². The lowest BCUT2D eigenvalue weighted by molar-refractivity contribution is -0.173. The number of benzene rings is 1. The minimum atomic E-state index is -0.692. The number of amides is 2. The van der Waals surface area contributed by atoms with Gasteiger partial charge in [-0.3, -0.25) is 9.59 Å². The molecule has 6 nitrogen and oxygen atoms in total. The van der Waals surface area contributed by atoms with Gasteiger partial charge in [0.2, 0.25) is 5.91 Å². The Hall–Kier alpha value is -1.92. The highest BCUT2D eigenvalue weighted by molar-refractivity contribution is 5.86. The maximum Gasteiger partial charge on any atom is 0.254 e. The first kappa shape index (κ1) is 17.9. The Morgan fingerprint density at radius 3 is 2.32 bits per heavy atom. The van der Waals surface area contributed by atoms with Crippen molar-refractivity contribution < 1.29 is 19.1 Å². The molecule has 2 aliphatic rings. The van der Waals surface area contributed by atoms with Gasteiger partial charge in [-0.05, 0) is 26.3 Å². The van der Waals surface area contributed by atoms with Crippen LogP contribution in [0.3, 0.4) is 0 Å². The molecule has 0 bridgehead atoms. The molecule has 0 unspecified atom stereocenters. The van der Waals surface area contributed by atoms with E-state index in [0.717, 1.165) is 11.1 Å². The van der Waals surface area contributed by atoms with Crippen molar-refractivity contribution in [2.45, 2.75) is 45.1 Å². The molecule has 2 fully saturated rings. The molecule has 1 aromatic rings. The number of carbonyl (C=O) groups excluding carboxylic acids is 2. The molecule has 4 atom stereocenters. The maximum atomic E-state index is 13.2. The molecular weight excluding hydrogens is 320 g/mol. The van der Waals surface area contributed by atoms with Crippen molar-refractivity contribution in [2.75, 3.05) is 26.7 Å². The summed E-state index contributed by atoms with van der Waals surface area (Å²) in [5.74, 6) is -0.190. The number of ether oxygens (including phenoxy) is 2. The van der Waals surface area contributed by atoms with Gasteiger partial charge in [0.25, 0.3) is 5.91 Å². The predicted molar refractivity (Wildman–Crippen MR) is 93.0 cm³/mol. The van der Waals surface area contributed by atoms with Crippen LogP contribution in [0.1, 0.15) is 31.0 Å². The van der Waals surface area contributed by atoms with Crippen molar-refractivity contribution in [1.82, 2.24) is 9.80 Å². The zero-order valence-corrected chi connectivity index (χ0v) is 15.3. The molecule has 2 heterocycles. The largest absolute Gasteiger partial charge is 0.372 e. The number of nitrogens with zero attached hydrogens (tertiary/aromatic N) is 2. The Morgan fingerprint density at radius 1 is 1.12 bits per heavy atom. The molecule has 0 aliphatic carbocycles. The number of carbonyl (C=O) groups is 2. The van der Waals surface area contributed by atoms with Crippen LogP contribution in [0.5, 0.6) is 0 Å². The van der Waals surface area contributed by atoms with Crippen LogP contribution in [-0.4, -0.2) is 66.7 Å². The van der Waals surface area contributed by atoms with E-state index in [-0.39, 0.29) is 30.6 Å². The minimum Gasteiger partial charge on any atom is -0.372 e. The number of hydrogen-bond donors (Lipinski definition) is 0. The third kappa shape index (κ3) is 3.70. The van der Waals surface area contributed by atoms with Crippen LogP contribution in [0.25, 0.3) is 0 Å². The molecule has 0 saturated carbocycles. The Balaban J connectivity index is 1.87. The molecule has 1 aromatic carbocycles. The third-order valence-corrected chi connectivity index (χ3v) is 4.88. The number of aryl methyl sites for hydroxylation is 1. The minimum absolute atomic E-state index is 0.00604. The average Bonchev–Trinajstić information content (AvgIpc) is 2.57. The molecule has 136 valence electrons. The second kappa shape index (κ2) is 7.14. The van der Waals surface area contributed by atoms with Gasteiger partial charge in [-0.1, -0.05) is 29.8 Å². The summed E-state index contributed by atoms with van der Waals surface area (Å²) in [4.78, 5) is 28.7.